The molecule has 8 nitrogen and oxygen atoms in total. The summed E-state index contributed by atoms with van der Waals surface area (Å²) < 4.78 is 20.6. The van der Waals surface area contributed by atoms with Crippen molar-refractivity contribution in [3.05, 3.63) is 53.6 Å². The molecule has 0 radical (unpaired) electrons. The number of fused-ring (bicyclic) bond motifs is 1. The molecule has 0 fully saturated rings. The van der Waals surface area contributed by atoms with Crippen LogP contribution in [0, 0.1) is 5.82 Å². The summed E-state index contributed by atoms with van der Waals surface area (Å²) in [6.45, 7) is 0.816. The van der Waals surface area contributed by atoms with Gasteiger partial charge in [0.15, 0.2) is 11.5 Å². The zero-order chi connectivity index (χ0) is 18.7. The summed E-state index contributed by atoms with van der Waals surface area (Å²) in [5.41, 5.74) is 6.23. The van der Waals surface area contributed by atoms with Gasteiger partial charge < -0.3 is 20.5 Å². The molecule has 2 heterocycles. The highest BCUT2D eigenvalue weighted by Gasteiger charge is 2.23. The van der Waals surface area contributed by atoms with Gasteiger partial charge in [0.2, 0.25) is 0 Å². The van der Waals surface area contributed by atoms with Crippen molar-refractivity contribution in [1.82, 2.24) is 14.6 Å². The lowest BCUT2D eigenvalue weighted by atomic mass is 10.1. The molecule has 3 aromatic rings. The quantitative estimate of drug-likeness (QED) is 0.659. The Morgan fingerprint density at radius 2 is 2.27 bits per heavy atom. The predicted octanol–water partition coefficient (Wildman–Crippen LogP) is 1.54. The molecule has 0 aliphatic heterocycles. The molecule has 0 spiro atoms. The van der Waals surface area contributed by atoms with E-state index in [1.807, 2.05) is 0 Å². The van der Waals surface area contributed by atoms with E-state index in [9.17, 15) is 14.3 Å². The van der Waals surface area contributed by atoms with E-state index in [-0.39, 0.29) is 23.6 Å². The van der Waals surface area contributed by atoms with Crippen molar-refractivity contribution >= 4 is 17.4 Å². The number of carboxylic acid groups (broad SMARTS) is 1. The van der Waals surface area contributed by atoms with Crippen LogP contribution in [0.1, 0.15) is 15.9 Å². The monoisotopic (exact) mass is 359 g/mol. The topological polar surface area (TPSA) is 106 Å². The zero-order valence-electron chi connectivity index (χ0n) is 14.1. The Labute approximate surface area is 148 Å². The maximum Gasteiger partial charge on any atom is 0.343 e. The highest BCUT2D eigenvalue weighted by Crippen LogP contribution is 2.26. The molecule has 0 atom stereocenters. The molecule has 3 rings (SSSR count). The number of rotatable bonds is 7. The van der Waals surface area contributed by atoms with Gasteiger partial charge >= 0.3 is 5.97 Å². The minimum absolute atomic E-state index is 0.0195. The second-order valence-electron chi connectivity index (χ2n) is 5.64. The number of benzene rings is 1. The number of nitrogens with zero attached hydrogens (tertiary/aromatic N) is 4. The number of hydrogen-bond donors (Lipinski definition) is 2. The van der Waals surface area contributed by atoms with Gasteiger partial charge in [-0.2, -0.15) is 0 Å². The van der Waals surface area contributed by atoms with Crippen LogP contribution < -0.4 is 15.4 Å². The first kappa shape index (κ1) is 17.6. The van der Waals surface area contributed by atoms with Gasteiger partial charge in [-0.15, -0.1) is 5.10 Å². The third-order valence-electron chi connectivity index (χ3n) is 3.76. The minimum atomic E-state index is -1.14. The predicted molar refractivity (Wildman–Crippen MR) is 93.0 cm³/mol. The van der Waals surface area contributed by atoms with Gasteiger partial charge in [0, 0.05) is 38.1 Å². The number of aromatic carboxylic acids is 1. The summed E-state index contributed by atoms with van der Waals surface area (Å²) in [5.74, 6) is -0.837. The Morgan fingerprint density at radius 1 is 1.46 bits per heavy atom. The maximum atomic E-state index is 13.7. The van der Waals surface area contributed by atoms with Crippen molar-refractivity contribution in [1.29, 1.82) is 0 Å². The summed E-state index contributed by atoms with van der Waals surface area (Å²) in [6, 6.07) is 5.82. The van der Waals surface area contributed by atoms with Crippen molar-refractivity contribution in [2.45, 2.75) is 6.54 Å². The smallest absolute Gasteiger partial charge is 0.343 e. The Bertz CT molecular complexity index is 943. The van der Waals surface area contributed by atoms with Gasteiger partial charge in [-0.05, 0) is 24.3 Å². The van der Waals surface area contributed by atoms with E-state index >= 15 is 0 Å². The molecule has 136 valence electrons. The van der Waals surface area contributed by atoms with Crippen molar-refractivity contribution in [3.63, 3.8) is 0 Å². The van der Waals surface area contributed by atoms with Crippen molar-refractivity contribution in [2.24, 2.45) is 5.73 Å². The Balaban J connectivity index is 1.97. The largest absolute Gasteiger partial charge is 0.492 e. The molecule has 0 saturated carbocycles. The van der Waals surface area contributed by atoms with Gasteiger partial charge in [-0.3, -0.25) is 0 Å². The number of anilines is 1. The minimum Gasteiger partial charge on any atom is -0.492 e. The number of carbonyl (C=O) groups is 1. The van der Waals surface area contributed by atoms with E-state index in [1.165, 1.54) is 28.9 Å². The highest BCUT2D eigenvalue weighted by molar-refractivity contribution is 6.00. The number of halogens is 1. The Morgan fingerprint density at radius 3 is 3.00 bits per heavy atom. The number of aromatic nitrogens is 3. The van der Waals surface area contributed by atoms with Gasteiger partial charge in [0.25, 0.3) is 0 Å². The standard InChI is InChI=1S/C17H18FN5O3/c1-22(10-11-9-12(18)3-4-13(11)26-8-5-19)16-14(17(24)25)15-20-6-2-7-23(15)21-16/h2-4,6-7,9H,5,8,10,19H2,1H3,(H,24,25). The molecule has 0 saturated heterocycles. The molecular weight excluding hydrogens is 341 g/mol. The van der Waals surface area contributed by atoms with E-state index in [1.54, 1.807) is 24.2 Å². The van der Waals surface area contributed by atoms with Crippen molar-refractivity contribution in [3.8, 4) is 5.75 Å². The zero-order valence-corrected chi connectivity index (χ0v) is 14.1. The first-order valence-electron chi connectivity index (χ1n) is 7.90. The number of nitrogens with two attached hydrogens (primary N) is 1. The summed E-state index contributed by atoms with van der Waals surface area (Å²) >= 11 is 0. The molecule has 3 N–H and O–H groups in total. The van der Waals surface area contributed by atoms with E-state index in [0.29, 0.717) is 24.5 Å². The first-order valence-corrected chi connectivity index (χ1v) is 7.90. The second-order valence-corrected chi connectivity index (χ2v) is 5.64. The molecule has 0 unspecified atom stereocenters. The molecule has 1 aromatic carbocycles. The maximum absolute atomic E-state index is 13.7. The van der Waals surface area contributed by atoms with E-state index in [0.717, 1.165) is 0 Å². The fourth-order valence-corrected chi connectivity index (χ4v) is 2.65. The Hall–Kier alpha value is -3.20. The van der Waals surface area contributed by atoms with Crippen LogP contribution in [0.4, 0.5) is 10.2 Å². The molecule has 0 aliphatic rings. The lowest BCUT2D eigenvalue weighted by molar-refractivity contribution is 0.0699. The third kappa shape index (κ3) is 3.42. The Kier molecular flexibility index (Phi) is 4.99. The highest BCUT2D eigenvalue weighted by atomic mass is 19.1. The summed E-state index contributed by atoms with van der Waals surface area (Å²) in [7, 11) is 1.67. The van der Waals surface area contributed by atoms with Crippen LogP contribution in [0.3, 0.4) is 0 Å². The number of hydrogen-bond acceptors (Lipinski definition) is 6. The fourth-order valence-electron chi connectivity index (χ4n) is 2.65. The van der Waals surface area contributed by atoms with Crippen LogP contribution in [-0.2, 0) is 6.54 Å². The summed E-state index contributed by atoms with van der Waals surface area (Å²) in [4.78, 5) is 17.4. The van der Waals surface area contributed by atoms with E-state index < -0.39 is 11.8 Å². The molecular formula is C17H18FN5O3. The molecule has 0 amide bonds. The van der Waals surface area contributed by atoms with Crippen molar-refractivity contribution in [2.75, 3.05) is 25.1 Å². The lowest BCUT2D eigenvalue weighted by Crippen LogP contribution is -2.20. The molecule has 26 heavy (non-hydrogen) atoms. The average molecular weight is 359 g/mol. The van der Waals surface area contributed by atoms with Crippen LogP contribution in [0.2, 0.25) is 0 Å². The molecule has 9 heteroatoms. The van der Waals surface area contributed by atoms with Crippen LogP contribution in [0.25, 0.3) is 5.65 Å². The van der Waals surface area contributed by atoms with E-state index in [2.05, 4.69) is 10.1 Å². The molecule has 0 bridgehead atoms. The third-order valence-corrected chi connectivity index (χ3v) is 3.76. The lowest BCUT2D eigenvalue weighted by Gasteiger charge is -2.19. The average Bonchev–Trinajstić information content (AvgIpc) is 3.01. The van der Waals surface area contributed by atoms with Crippen LogP contribution >= 0.6 is 0 Å². The normalized spacial score (nSPS) is 10.9. The van der Waals surface area contributed by atoms with Crippen LogP contribution in [0.15, 0.2) is 36.7 Å². The number of ether oxygens (including phenoxy) is 1. The van der Waals surface area contributed by atoms with Gasteiger partial charge in [-0.1, -0.05) is 0 Å². The van der Waals surface area contributed by atoms with Gasteiger partial charge in [0.1, 0.15) is 23.7 Å². The molecule has 2 aromatic heterocycles. The second kappa shape index (κ2) is 7.36. The summed E-state index contributed by atoms with van der Waals surface area (Å²) in [6.07, 6.45) is 3.11. The van der Waals surface area contributed by atoms with Gasteiger partial charge in [-0.25, -0.2) is 18.7 Å². The number of carboxylic acids is 1. The van der Waals surface area contributed by atoms with Crippen LogP contribution in [-0.4, -0.2) is 45.9 Å². The molecule has 0 aliphatic carbocycles. The van der Waals surface area contributed by atoms with Crippen LogP contribution in [0.5, 0.6) is 5.75 Å². The summed E-state index contributed by atoms with van der Waals surface area (Å²) in [5, 5.41) is 13.9. The van der Waals surface area contributed by atoms with Gasteiger partial charge in [0.05, 0.1) is 0 Å². The van der Waals surface area contributed by atoms with Crippen molar-refractivity contribution < 1.29 is 19.0 Å². The van der Waals surface area contributed by atoms with E-state index in [4.69, 9.17) is 10.5 Å². The SMILES string of the molecule is CN(Cc1cc(F)ccc1OCCN)c1nn2cccnc2c1C(=O)O. The first-order chi connectivity index (χ1) is 12.5. The fraction of sp³-hybridized carbons (Fsp3) is 0.235.